The molecule has 5 heteroatoms. The van der Waals surface area contributed by atoms with Gasteiger partial charge in [0.1, 0.15) is 0 Å². The Morgan fingerprint density at radius 3 is 2.39 bits per heavy atom. The number of halogens is 2. The zero-order valence-corrected chi connectivity index (χ0v) is 12.9. The highest BCUT2D eigenvalue weighted by molar-refractivity contribution is 7.86. The minimum Gasteiger partial charge on any atom is -0.293 e. The Labute approximate surface area is 120 Å². The van der Waals surface area contributed by atoms with Crippen molar-refractivity contribution in [1.82, 2.24) is 0 Å². The van der Waals surface area contributed by atoms with E-state index >= 15 is 0 Å². The Balaban J connectivity index is 2.80. The van der Waals surface area contributed by atoms with Crippen LogP contribution in [0.1, 0.15) is 31.1 Å². The molecule has 1 rings (SSSR count). The summed E-state index contributed by atoms with van der Waals surface area (Å²) >= 11 is 11.7. The number of benzene rings is 1. The molecule has 100 valence electrons. The van der Waals surface area contributed by atoms with E-state index in [0.29, 0.717) is 15.6 Å². The van der Waals surface area contributed by atoms with Crippen molar-refractivity contribution in [2.75, 3.05) is 5.75 Å². The molecule has 0 heterocycles. The number of Topliss-reactive ketones (excluding diaryl/α,β-unsaturated/α-hetero) is 1. The van der Waals surface area contributed by atoms with Gasteiger partial charge in [-0.05, 0) is 24.1 Å². The molecule has 0 radical (unpaired) electrons. The lowest BCUT2D eigenvalue weighted by Crippen LogP contribution is -2.24. The highest BCUT2D eigenvalue weighted by Crippen LogP contribution is 2.22. The normalized spacial score (nSPS) is 14.6. The quantitative estimate of drug-likeness (QED) is 0.771. The number of hydrogen-bond donors (Lipinski definition) is 0. The lowest BCUT2D eigenvalue weighted by atomic mass is 10.1. The van der Waals surface area contributed by atoms with Crippen molar-refractivity contribution in [3.05, 3.63) is 33.8 Å². The first-order valence-electron chi connectivity index (χ1n) is 5.68. The van der Waals surface area contributed by atoms with Crippen molar-refractivity contribution >= 4 is 39.8 Å². The van der Waals surface area contributed by atoms with E-state index in [-0.39, 0.29) is 22.7 Å². The summed E-state index contributed by atoms with van der Waals surface area (Å²) in [5.74, 6) is 0.0718. The van der Waals surface area contributed by atoms with Gasteiger partial charge in [-0.1, -0.05) is 44.0 Å². The molecule has 0 aliphatic rings. The highest BCUT2D eigenvalue weighted by atomic mass is 35.5. The third-order valence-corrected chi connectivity index (χ3v) is 5.33. The van der Waals surface area contributed by atoms with Crippen molar-refractivity contribution < 1.29 is 9.00 Å². The van der Waals surface area contributed by atoms with Crippen LogP contribution in [0.15, 0.2) is 18.2 Å². The first-order chi connectivity index (χ1) is 8.32. The first-order valence-corrected chi connectivity index (χ1v) is 7.82. The first kappa shape index (κ1) is 15.7. The van der Waals surface area contributed by atoms with Gasteiger partial charge in [0.25, 0.3) is 0 Å². The van der Waals surface area contributed by atoms with E-state index < -0.39 is 10.8 Å². The van der Waals surface area contributed by atoms with E-state index in [1.807, 2.05) is 20.8 Å². The maximum atomic E-state index is 12.0. The molecule has 0 aromatic heterocycles. The van der Waals surface area contributed by atoms with E-state index in [2.05, 4.69) is 0 Å². The van der Waals surface area contributed by atoms with Crippen LogP contribution in [-0.4, -0.2) is 21.0 Å². The van der Waals surface area contributed by atoms with Gasteiger partial charge in [0.05, 0.1) is 10.8 Å². The molecular weight excluding hydrogens is 291 g/mol. The van der Waals surface area contributed by atoms with Crippen LogP contribution in [0, 0.1) is 5.92 Å². The molecule has 2 atom stereocenters. The maximum absolute atomic E-state index is 12.0. The summed E-state index contributed by atoms with van der Waals surface area (Å²) in [5.41, 5.74) is 0.380. The van der Waals surface area contributed by atoms with Gasteiger partial charge in [-0.25, -0.2) is 0 Å². The fraction of sp³-hybridized carbons (Fsp3) is 0.462. The van der Waals surface area contributed by atoms with Crippen LogP contribution in [0.2, 0.25) is 10.0 Å². The average Bonchev–Trinajstić information content (AvgIpc) is 2.27. The molecule has 0 spiro atoms. The lowest BCUT2D eigenvalue weighted by molar-refractivity contribution is 0.102. The van der Waals surface area contributed by atoms with Gasteiger partial charge >= 0.3 is 0 Å². The molecule has 0 saturated carbocycles. The monoisotopic (exact) mass is 306 g/mol. The molecule has 2 nitrogen and oxygen atoms in total. The van der Waals surface area contributed by atoms with Crippen molar-refractivity contribution in [1.29, 1.82) is 0 Å². The molecule has 0 fully saturated rings. The van der Waals surface area contributed by atoms with Crippen LogP contribution in [-0.2, 0) is 10.8 Å². The van der Waals surface area contributed by atoms with Gasteiger partial charge in [-0.2, -0.15) is 0 Å². The fourth-order valence-corrected chi connectivity index (χ4v) is 3.16. The van der Waals surface area contributed by atoms with Crippen LogP contribution < -0.4 is 0 Å². The van der Waals surface area contributed by atoms with Crippen LogP contribution in [0.5, 0.6) is 0 Å². The number of hydrogen-bond acceptors (Lipinski definition) is 2. The van der Waals surface area contributed by atoms with E-state index in [1.165, 1.54) is 6.07 Å². The summed E-state index contributed by atoms with van der Waals surface area (Å²) in [6.07, 6.45) is 0. The summed E-state index contributed by atoms with van der Waals surface area (Å²) < 4.78 is 12.0. The third kappa shape index (κ3) is 4.08. The molecule has 0 aliphatic heterocycles. The molecule has 18 heavy (non-hydrogen) atoms. The van der Waals surface area contributed by atoms with Crippen molar-refractivity contribution in [2.24, 2.45) is 5.92 Å². The van der Waals surface area contributed by atoms with Gasteiger partial charge in [0.2, 0.25) is 0 Å². The highest BCUT2D eigenvalue weighted by Gasteiger charge is 2.20. The predicted octanol–water partition coefficient (Wildman–Crippen LogP) is 3.97. The summed E-state index contributed by atoms with van der Waals surface area (Å²) in [6.45, 7) is 5.86. The van der Waals surface area contributed by atoms with Crippen LogP contribution in [0.3, 0.4) is 0 Å². The standard InChI is InChI=1S/C13H16Cl2O2S/c1-8(2)9(3)18(17)7-13(16)11-5-4-10(14)6-12(11)15/h4-6,8-9H,7H2,1-3H3. The summed E-state index contributed by atoms with van der Waals surface area (Å²) in [4.78, 5) is 12.0. The predicted molar refractivity (Wildman–Crippen MR) is 78.1 cm³/mol. The Kier molecular flexibility index (Phi) is 5.83. The molecule has 2 unspecified atom stereocenters. The second-order valence-corrected chi connectivity index (χ2v) is 7.16. The molecular formula is C13H16Cl2O2S. The molecule has 1 aromatic carbocycles. The van der Waals surface area contributed by atoms with Gasteiger partial charge in [0, 0.05) is 26.6 Å². The third-order valence-electron chi connectivity index (χ3n) is 2.86. The maximum Gasteiger partial charge on any atom is 0.176 e. The molecule has 0 saturated heterocycles. The molecule has 0 amide bonds. The molecule has 0 aliphatic carbocycles. The van der Waals surface area contributed by atoms with E-state index in [1.54, 1.807) is 12.1 Å². The van der Waals surface area contributed by atoms with Gasteiger partial charge < -0.3 is 0 Å². The van der Waals surface area contributed by atoms with E-state index in [9.17, 15) is 9.00 Å². The number of carbonyl (C=O) groups is 1. The Morgan fingerprint density at radius 2 is 1.89 bits per heavy atom. The van der Waals surface area contributed by atoms with Crippen molar-refractivity contribution in [3.8, 4) is 0 Å². The second-order valence-electron chi connectivity index (χ2n) is 4.52. The van der Waals surface area contributed by atoms with Crippen LogP contribution in [0.25, 0.3) is 0 Å². The Morgan fingerprint density at radius 1 is 1.28 bits per heavy atom. The minimum absolute atomic E-state index is 0.000693. The molecule has 0 N–H and O–H groups in total. The largest absolute Gasteiger partial charge is 0.293 e. The second kappa shape index (κ2) is 6.69. The van der Waals surface area contributed by atoms with Crippen LogP contribution >= 0.6 is 23.2 Å². The van der Waals surface area contributed by atoms with Crippen LogP contribution in [0.4, 0.5) is 0 Å². The van der Waals surface area contributed by atoms with Gasteiger partial charge in [-0.15, -0.1) is 0 Å². The lowest BCUT2D eigenvalue weighted by Gasteiger charge is -2.14. The van der Waals surface area contributed by atoms with Gasteiger partial charge in [0.15, 0.2) is 5.78 Å². The minimum atomic E-state index is -1.18. The zero-order valence-electron chi connectivity index (χ0n) is 10.6. The average molecular weight is 307 g/mol. The smallest absolute Gasteiger partial charge is 0.176 e. The summed E-state index contributed by atoms with van der Waals surface area (Å²) in [6, 6.07) is 4.70. The Hall–Kier alpha value is -0.380. The molecule has 1 aromatic rings. The summed E-state index contributed by atoms with van der Waals surface area (Å²) in [7, 11) is -1.18. The molecule has 0 bridgehead atoms. The summed E-state index contributed by atoms with van der Waals surface area (Å²) in [5, 5.41) is 0.773. The van der Waals surface area contributed by atoms with Crippen molar-refractivity contribution in [3.63, 3.8) is 0 Å². The zero-order chi connectivity index (χ0) is 13.9. The van der Waals surface area contributed by atoms with Crippen molar-refractivity contribution in [2.45, 2.75) is 26.0 Å². The van der Waals surface area contributed by atoms with E-state index in [0.717, 1.165) is 0 Å². The number of rotatable bonds is 5. The Bertz CT molecular complexity index is 472. The van der Waals surface area contributed by atoms with Gasteiger partial charge in [-0.3, -0.25) is 9.00 Å². The fourth-order valence-electron chi connectivity index (χ4n) is 1.36. The number of ketones is 1. The SMILES string of the molecule is CC(C)C(C)S(=O)CC(=O)c1ccc(Cl)cc1Cl. The topological polar surface area (TPSA) is 34.1 Å². The van der Waals surface area contributed by atoms with E-state index in [4.69, 9.17) is 23.2 Å². The number of carbonyl (C=O) groups excluding carboxylic acids is 1.